The Hall–Kier alpha value is 0.297. The van der Waals surface area contributed by atoms with Gasteiger partial charge in [-0.3, -0.25) is 0 Å². The first-order valence-electron chi connectivity index (χ1n) is 5.68. The summed E-state index contributed by atoms with van der Waals surface area (Å²) in [6.45, 7) is 4.75. The molecule has 82 valence electrons. The molecule has 0 saturated heterocycles. The predicted octanol–water partition coefficient (Wildman–Crippen LogP) is 1.74. The molecule has 0 nitrogen and oxygen atoms in total. The third-order valence-corrected chi connectivity index (χ3v) is 4.31. The maximum atomic E-state index is 3.49. The predicted molar refractivity (Wildman–Crippen MR) is 68.8 cm³/mol. The number of hydrogen-bond donors (Lipinski definition) is 0. The van der Waals surface area contributed by atoms with Crippen LogP contribution in [0.5, 0.6) is 0 Å². The molecule has 0 heterocycles. The summed E-state index contributed by atoms with van der Waals surface area (Å²) in [4.78, 5) is 0. The minimum Gasteiger partial charge on any atom is -0.328 e. The topological polar surface area (TPSA) is 0 Å². The van der Waals surface area contributed by atoms with E-state index < -0.39 is 0 Å². The van der Waals surface area contributed by atoms with Crippen molar-refractivity contribution in [2.45, 2.75) is 38.5 Å². The van der Waals surface area contributed by atoms with E-state index in [9.17, 15) is 0 Å². The fourth-order valence-corrected chi connectivity index (χ4v) is 2.79. The van der Waals surface area contributed by atoms with Gasteiger partial charge in [-0.05, 0) is 23.1 Å². The van der Waals surface area contributed by atoms with E-state index in [-0.39, 0.29) is 18.9 Å². The SMILES string of the molecule is CC(C)(c1ccc(Br)cc1)C1C[CH-]CC1.[Li+]. The van der Waals surface area contributed by atoms with Crippen molar-refractivity contribution in [1.29, 1.82) is 0 Å². The Bertz CT molecular complexity index is 323. The van der Waals surface area contributed by atoms with Crippen LogP contribution in [0.4, 0.5) is 0 Å². The van der Waals surface area contributed by atoms with Gasteiger partial charge in [0.25, 0.3) is 0 Å². The second kappa shape index (κ2) is 5.76. The van der Waals surface area contributed by atoms with Gasteiger partial charge < -0.3 is 6.42 Å². The average Bonchev–Trinajstić information content (AvgIpc) is 2.71. The molecule has 1 saturated carbocycles. The fraction of sp³-hybridized carbons (Fsp3) is 0.500. The van der Waals surface area contributed by atoms with Gasteiger partial charge in [0.1, 0.15) is 0 Å². The number of hydrogen-bond acceptors (Lipinski definition) is 0. The van der Waals surface area contributed by atoms with Crippen LogP contribution in [0.2, 0.25) is 0 Å². The molecule has 0 radical (unpaired) electrons. The van der Waals surface area contributed by atoms with Crippen molar-refractivity contribution in [2.24, 2.45) is 5.92 Å². The van der Waals surface area contributed by atoms with Gasteiger partial charge in [-0.1, -0.05) is 54.2 Å². The summed E-state index contributed by atoms with van der Waals surface area (Å²) in [7, 11) is 0. The number of benzene rings is 1. The van der Waals surface area contributed by atoms with E-state index in [1.807, 2.05) is 0 Å². The van der Waals surface area contributed by atoms with Crippen LogP contribution < -0.4 is 18.9 Å². The van der Waals surface area contributed by atoms with Gasteiger partial charge >= 0.3 is 18.9 Å². The van der Waals surface area contributed by atoms with Gasteiger partial charge in [-0.2, -0.15) is 12.8 Å². The second-order valence-electron chi connectivity index (χ2n) is 5.03. The minimum atomic E-state index is 0. The molecule has 0 amide bonds. The summed E-state index contributed by atoms with van der Waals surface area (Å²) in [5.41, 5.74) is 1.78. The molecule has 1 aliphatic rings. The van der Waals surface area contributed by atoms with E-state index in [1.54, 1.807) is 0 Å². The van der Waals surface area contributed by atoms with Crippen molar-refractivity contribution in [3.05, 3.63) is 40.7 Å². The van der Waals surface area contributed by atoms with Gasteiger partial charge in [0.2, 0.25) is 0 Å². The molecule has 0 spiro atoms. The van der Waals surface area contributed by atoms with Crippen LogP contribution in [0, 0.1) is 12.3 Å². The summed E-state index contributed by atoms with van der Waals surface area (Å²) < 4.78 is 1.17. The van der Waals surface area contributed by atoms with Crippen LogP contribution in [-0.2, 0) is 5.41 Å². The van der Waals surface area contributed by atoms with Crippen molar-refractivity contribution < 1.29 is 18.9 Å². The molecule has 0 N–H and O–H groups in total. The van der Waals surface area contributed by atoms with Gasteiger partial charge in [-0.25, -0.2) is 0 Å². The van der Waals surface area contributed by atoms with Crippen LogP contribution >= 0.6 is 15.9 Å². The van der Waals surface area contributed by atoms with Gasteiger partial charge in [0, 0.05) is 4.47 Å². The first kappa shape index (κ1) is 14.4. The van der Waals surface area contributed by atoms with Gasteiger partial charge in [0.05, 0.1) is 0 Å². The Labute approximate surface area is 120 Å². The third kappa shape index (κ3) is 2.95. The first-order valence-corrected chi connectivity index (χ1v) is 6.48. The maximum absolute atomic E-state index is 3.49. The van der Waals surface area contributed by atoms with Crippen molar-refractivity contribution >= 4 is 15.9 Å². The molecule has 16 heavy (non-hydrogen) atoms. The molecule has 1 fully saturated rings. The van der Waals surface area contributed by atoms with Gasteiger partial charge in [0.15, 0.2) is 0 Å². The molecule has 1 unspecified atom stereocenters. The van der Waals surface area contributed by atoms with Crippen LogP contribution in [0.3, 0.4) is 0 Å². The molecule has 1 aromatic carbocycles. The van der Waals surface area contributed by atoms with Crippen molar-refractivity contribution in [3.63, 3.8) is 0 Å². The summed E-state index contributed by atoms with van der Waals surface area (Å²) in [5.74, 6) is 0.818. The molecular weight excluding hydrogens is 255 g/mol. The minimum absolute atomic E-state index is 0. The molecule has 1 aromatic rings. The maximum Gasteiger partial charge on any atom is 1.00 e. The molecule has 2 heteroatoms. The quantitative estimate of drug-likeness (QED) is 0.568. The van der Waals surface area contributed by atoms with Crippen molar-refractivity contribution in [3.8, 4) is 0 Å². The fourth-order valence-electron chi connectivity index (χ4n) is 2.53. The van der Waals surface area contributed by atoms with Crippen LogP contribution in [0.1, 0.15) is 38.7 Å². The molecule has 0 aliphatic heterocycles. The summed E-state index contributed by atoms with van der Waals surface area (Å²) in [6, 6.07) is 8.80. The Kier molecular flexibility index (Phi) is 5.17. The third-order valence-electron chi connectivity index (χ3n) is 3.78. The monoisotopic (exact) mass is 272 g/mol. The Balaban J connectivity index is 0.00000128. The first-order chi connectivity index (χ1) is 7.10. The molecule has 0 aromatic heterocycles. The molecule has 2 rings (SSSR count). The van der Waals surface area contributed by atoms with Crippen LogP contribution in [-0.4, -0.2) is 0 Å². The van der Waals surface area contributed by atoms with E-state index in [2.05, 4.69) is 60.5 Å². The van der Waals surface area contributed by atoms with Gasteiger partial charge in [-0.15, -0.1) is 0 Å². The van der Waals surface area contributed by atoms with E-state index in [0.717, 1.165) is 5.92 Å². The Morgan fingerprint density at radius 1 is 1.25 bits per heavy atom. The molecule has 1 atom stereocenters. The average molecular weight is 273 g/mol. The number of rotatable bonds is 2. The van der Waals surface area contributed by atoms with Crippen molar-refractivity contribution in [1.82, 2.24) is 0 Å². The summed E-state index contributed by atoms with van der Waals surface area (Å²) in [5, 5.41) is 0. The largest absolute Gasteiger partial charge is 1.00 e. The Morgan fingerprint density at radius 2 is 1.88 bits per heavy atom. The molecular formula is C14H18BrLi. The standard InChI is InChI=1S/C14H18Br.Li/c1-14(2,11-5-3-4-6-11)12-7-9-13(15)10-8-12;/h3,7-11H,4-6H2,1-2H3;/q-1;+1. The van der Waals surface area contributed by atoms with Crippen LogP contribution in [0.25, 0.3) is 0 Å². The van der Waals surface area contributed by atoms with E-state index in [1.165, 1.54) is 29.3 Å². The van der Waals surface area contributed by atoms with Crippen LogP contribution in [0.15, 0.2) is 28.7 Å². The van der Waals surface area contributed by atoms with E-state index in [0.29, 0.717) is 5.41 Å². The normalized spacial score (nSPS) is 20.6. The number of halogens is 1. The zero-order valence-corrected chi connectivity index (χ0v) is 12.0. The smallest absolute Gasteiger partial charge is 0.328 e. The summed E-state index contributed by atoms with van der Waals surface area (Å²) in [6.07, 6.45) is 6.36. The Morgan fingerprint density at radius 3 is 2.38 bits per heavy atom. The zero-order chi connectivity index (χ0) is 10.9. The zero-order valence-electron chi connectivity index (χ0n) is 10.5. The molecule has 1 aliphatic carbocycles. The van der Waals surface area contributed by atoms with Crippen molar-refractivity contribution in [2.75, 3.05) is 0 Å². The molecule has 0 bridgehead atoms. The summed E-state index contributed by atoms with van der Waals surface area (Å²) >= 11 is 3.49. The van der Waals surface area contributed by atoms with E-state index >= 15 is 0 Å². The second-order valence-corrected chi connectivity index (χ2v) is 5.94. The van der Waals surface area contributed by atoms with E-state index in [4.69, 9.17) is 0 Å².